The Morgan fingerprint density at radius 3 is 2.38 bits per heavy atom. The summed E-state index contributed by atoms with van der Waals surface area (Å²) >= 11 is 0. The van der Waals surface area contributed by atoms with E-state index < -0.39 is 18.5 Å². The molecule has 0 aliphatic carbocycles. The first-order chi connectivity index (χ1) is 7.51. The maximum Gasteiger partial charge on any atom is 0.389 e. The SMILES string of the molecule is NCC(CCN1CCOCC1)CC(F)(F)F. The highest BCUT2D eigenvalue weighted by atomic mass is 19.4. The number of alkyl halides is 3. The molecule has 0 amide bonds. The Morgan fingerprint density at radius 1 is 1.25 bits per heavy atom. The van der Waals surface area contributed by atoms with Crippen molar-refractivity contribution in [3.05, 3.63) is 0 Å². The Kier molecular flexibility index (Phi) is 5.51. The average molecular weight is 240 g/mol. The zero-order chi connectivity index (χ0) is 12.0. The summed E-state index contributed by atoms with van der Waals surface area (Å²) < 4.78 is 41.7. The predicted molar refractivity (Wildman–Crippen MR) is 55.1 cm³/mol. The lowest BCUT2D eigenvalue weighted by Gasteiger charge is -2.28. The number of ether oxygens (including phenoxy) is 1. The minimum Gasteiger partial charge on any atom is -0.379 e. The fraction of sp³-hybridized carbons (Fsp3) is 1.00. The van der Waals surface area contributed by atoms with Gasteiger partial charge in [0.25, 0.3) is 0 Å². The molecule has 2 N–H and O–H groups in total. The number of hydrogen-bond acceptors (Lipinski definition) is 3. The molecular weight excluding hydrogens is 221 g/mol. The van der Waals surface area contributed by atoms with E-state index in [1.807, 2.05) is 0 Å². The van der Waals surface area contributed by atoms with E-state index in [4.69, 9.17) is 10.5 Å². The van der Waals surface area contributed by atoms with Gasteiger partial charge in [0.1, 0.15) is 0 Å². The van der Waals surface area contributed by atoms with Crippen LogP contribution < -0.4 is 5.73 Å². The molecule has 0 aromatic rings. The van der Waals surface area contributed by atoms with Crippen molar-refractivity contribution in [1.29, 1.82) is 0 Å². The fourth-order valence-corrected chi connectivity index (χ4v) is 1.82. The minimum absolute atomic E-state index is 0.101. The largest absolute Gasteiger partial charge is 0.389 e. The summed E-state index contributed by atoms with van der Waals surface area (Å²) in [6.45, 7) is 3.75. The molecule has 16 heavy (non-hydrogen) atoms. The van der Waals surface area contributed by atoms with Crippen molar-refractivity contribution in [2.24, 2.45) is 11.7 Å². The molecular formula is C10H19F3N2O. The Labute approximate surface area is 93.7 Å². The standard InChI is InChI=1S/C10H19F3N2O/c11-10(12,13)7-9(8-14)1-2-15-3-5-16-6-4-15/h9H,1-8,14H2. The van der Waals surface area contributed by atoms with Gasteiger partial charge in [0.15, 0.2) is 0 Å². The molecule has 3 nitrogen and oxygen atoms in total. The first kappa shape index (κ1) is 13.7. The molecule has 1 atom stereocenters. The van der Waals surface area contributed by atoms with Gasteiger partial charge < -0.3 is 10.5 Å². The normalized spacial score (nSPS) is 21.0. The molecule has 1 rings (SSSR count). The van der Waals surface area contributed by atoms with E-state index in [0.29, 0.717) is 26.2 Å². The number of nitrogens with zero attached hydrogens (tertiary/aromatic N) is 1. The molecule has 1 aliphatic heterocycles. The highest BCUT2D eigenvalue weighted by Crippen LogP contribution is 2.26. The van der Waals surface area contributed by atoms with Crippen molar-refractivity contribution in [3.8, 4) is 0 Å². The van der Waals surface area contributed by atoms with Crippen LogP contribution in [-0.4, -0.2) is 50.5 Å². The van der Waals surface area contributed by atoms with Crippen molar-refractivity contribution in [2.45, 2.75) is 19.0 Å². The molecule has 1 saturated heterocycles. The Bertz CT molecular complexity index is 193. The third-order valence-corrected chi connectivity index (χ3v) is 2.81. The zero-order valence-electron chi connectivity index (χ0n) is 9.30. The summed E-state index contributed by atoms with van der Waals surface area (Å²) in [4.78, 5) is 2.13. The topological polar surface area (TPSA) is 38.5 Å². The van der Waals surface area contributed by atoms with Crippen LogP contribution in [0.15, 0.2) is 0 Å². The maximum absolute atomic E-state index is 12.2. The molecule has 6 heteroatoms. The van der Waals surface area contributed by atoms with Crippen LogP contribution in [0.4, 0.5) is 13.2 Å². The third kappa shape index (κ3) is 5.67. The van der Waals surface area contributed by atoms with E-state index in [1.54, 1.807) is 0 Å². The summed E-state index contributed by atoms with van der Waals surface area (Å²) in [5, 5.41) is 0. The van der Waals surface area contributed by atoms with Crippen LogP contribution in [0.5, 0.6) is 0 Å². The van der Waals surface area contributed by atoms with Crippen LogP contribution in [0.3, 0.4) is 0 Å². The van der Waals surface area contributed by atoms with Gasteiger partial charge in [0, 0.05) is 19.5 Å². The Balaban J connectivity index is 2.22. The van der Waals surface area contributed by atoms with E-state index in [1.165, 1.54) is 0 Å². The highest BCUT2D eigenvalue weighted by Gasteiger charge is 2.31. The first-order valence-electron chi connectivity index (χ1n) is 5.58. The molecule has 1 heterocycles. The molecule has 96 valence electrons. The zero-order valence-corrected chi connectivity index (χ0v) is 9.30. The quantitative estimate of drug-likeness (QED) is 0.785. The van der Waals surface area contributed by atoms with E-state index in [2.05, 4.69) is 4.90 Å². The molecule has 0 aromatic carbocycles. The second-order valence-corrected chi connectivity index (χ2v) is 4.16. The molecule has 0 saturated carbocycles. The van der Waals surface area contributed by atoms with Crippen LogP contribution in [0.2, 0.25) is 0 Å². The molecule has 0 radical (unpaired) electrons. The van der Waals surface area contributed by atoms with Crippen LogP contribution in [0, 0.1) is 5.92 Å². The lowest BCUT2D eigenvalue weighted by atomic mass is 10.0. The van der Waals surface area contributed by atoms with Crippen molar-refractivity contribution in [1.82, 2.24) is 4.90 Å². The van der Waals surface area contributed by atoms with Gasteiger partial charge in [-0.3, -0.25) is 4.90 Å². The second-order valence-electron chi connectivity index (χ2n) is 4.16. The minimum atomic E-state index is -4.10. The summed E-state index contributed by atoms with van der Waals surface area (Å²) in [6.07, 6.45) is -4.36. The molecule has 0 bridgehead atoms. The van der Waals surface area contributed by atoms with Gasteiger partial charge in [-0.15, -0.1) is 0 Å². The monoisotopic (exact) mass is 240 g/mol. The van der Waals surface area contributed by atoms with Gasteiger partial charge in [0.05, 0.1) is 13.2 Å². The van der Waals surface area contributed by atoms with Gasteiger partial charge in [-0.25, -0.2) is 0 Å². The van der Waals surface area contributed by atoms with Crippen molar-refractivity contribution >= 4 is 0 Å². The molecule has 1 aliphatic rings. The lowest BCUT2D eigenvalue weighted by Crippen LogP contribution is -2.38. The van der Waals surface area contributed by atoms with Gasteiger partial charge >= 0.3 is 6.18 Å². The summed E-state index contributed by atoms with van der Waals surface area (Å²) in [5.41, 5.74) is 5.35. The van der Waals surface area contributed by atoms with Gasteiger partial charge in [0.2, 0.25) is 0 Å². The van der Waals surface area contributed by atoms with Gasteiger partial charge in [-0.1, -0.05) is 0 Å². The summed E-state index contributed by atoms with van der Waals surface area (Å²) in [7, 11) is 0. The van der Waals surface area contributed by atoms with Crippen molar-refractivity contribution in [2.75, 3.05) is 39.4 Å². The smallest absolute Gasteiger partial charge is 0.379 e. The van der Waals surface area contributed by atoms with Crippen LogP contribution in [0.25, 0.3) is 0 Å². The third-order valence-electron chi connectivity index (χ3n) is 2.81. The number of morpholine rings is 1. The highest BCUT2D eigenvalue weighted by molar-refractivity contribution is 4.69. The van der Waals surface area contributed by atoms with Crippen molar-refractivity contribution in [3.63, 3.8) is 0 Å². The van der Waals surface area contributed by atoms with E-state index in [0.717, 1.165) is 13.1 Å². The molecule has 1 unspecified atom stereocenters. The molecule has 0 aromatic heterocycles. The molecule has 0 spiro atoms. The average Bonchev–Trinajstić information content (AvgIpc) is 2.24. The predicted octanol–water partition coefficient (Wildman–Crippen LogP) is 1.24. The van der Waals surface area contributed by atoms with Crippen LogP contribution in [0.1, 0.15) is 12.8 Å². The number of halogens is 3. The van der Waals surface area contributed by atoms with E-state index in [-0.39, 0.29) is 6.54 Å². The number of rotatable bonds is 5. The summed E-state index contributed by atoms with van der Waals surface area (Å²) in [5.74, 6) is -0.456. The Hall–Kier alpha value is -0.330. The summed E-state index contributed by atoms with van der Waals surface area (Å²) in [6, 6.07) is 0. The number of hydrogen-bond donors (Lipinski definition) is 1. The Morgan fingerprint density at radius 2 is 1.88 bits per heavy atom. The van der Waals surface area contributed by atoms with Crippen LogP contribution >= 0.6 is 0 Å². The maximum atomic E-state index is 12.2. The van der Waals surface area contributed by atoms with Crippen molar-refractivity contribution < 1.29 is 17.9 Å². The fourth-order valence-electron chi connectivity index (χ4n) is 1.82. The van der Waals surface area contributed by atoms with E-state index >= 15 is 0 Å². The first-order valence-corrected chi connectivity index (χ1v) is 5.58. The molecule has 1 fully saturated rings. The van der Waals surface area contributed by atoms with Crippen LogP contribution in [-0.2, 0) is 4.74 Å². The van der Waals surface area contributed by atoms with Gasteiger partial charge in [-0.2, -0.15) is 13.2 Å². The number of nitrogens with two attached hydrogens (primary N) is 1. The lowest BCUT2D eigenvalue weighted by molar-refractivity contribution is -0.144. The van der Waals surface area contributed by atoms with Gasteiger partial charge in [-0.05, 0) is 25.4 Å². The second kappa shape index (κ2) is 6.42. The van der Waals surface area contributed by atoms with E-state index in [9.17, 15) is 13.2 Å².